The van der Waals surface area contributed by atoms with Gasteiger partial charge in [-0.25, -0.2) is 0 Å². The summed E-state index contributed by atoms with van der Waals surface area (Å²) in [5.41, 5.74) is 2.66. The lowest BCUT2D eigenvalue weighted by molar-refractivity contribution is 0.318. The van der Waals surface area contributed by atoms with Crippen molar-refractivity contribution < 1.29 is 0 Å². The number of nitrogens with zero attached hydrogens (tertiary/aromatic N) is 3. The van der Waals surface area contributed by atoms with Crippen molar-refractivity contribution >= 4 is 0 Å². The highest BCUT2D eigenvalue weighted by Gasteiger charge is 2.24. The zero-order chi connectivity index (χ0) is 11.7. The Hall–Kier alpha value is -1.55. The van der Waals surface area contributed by atoms with Crippen LogP contribution in [0.4, 0.5) is 0 Å². The lowest BCUT2D eigenvalue weighted by Crippen LogP contribution is -2.21. The van der Waals surface area contributed by atoms with E-state index in [1.54, 1.807) is 0 Å². The molecule has 1 saturated heterocycles. The Bertz CT molecular complexity index is 471. The van der Waals surface area contributed by atoms with Gasteiger partial charge in [-0.05, 0) is 31.2 Å². The van der Waals surface area contributed by atoms with Gasteiger partial charge in [-0.3, -0.25) is 10.00 Å². The van der Waals surface area contributed by atoms with Gasteiger partial charge in [0.05, 0.1) is 0 Å². The summed E-state index contributed by atoms with van der Waals surface area (Å²) in [6.45, 7) is 3.36. The van der Waals surface area contributed by atoms with Crippen LogP contribution in [0.15, 0.2) is 30.6 Å². The van der Waals surface area contributed by atoms with E-state index >= 15 is 0 Å². The molecule has 2 aromatic rings. The Morgan fingerprint density at radius 3 is 3.12 bits per heavy atom. The molecule has 1 atom stereocenters. The molecule has 0 aromatic carbocycles. The maximum absolute atomic E-state index is 4.03. The molecule has 0 unspecified atom stereocenters. The third-order valence-corrected chi connectivity index (χ3v) is 3.67. The zero-order valence-corrected chi connectivity index (χ0v) is 10.1. The molecule has 2 aromatic heterocycles. The van der Waals surface area contributed by atoms with E-state index in [9.17, 15) is 0 Å². The predicted molar refractivity (Wildman–Crippen MR) is 66.6 cm³/mol. The molecule has 0 aliphatic carbocycles. The van der Waals surface area contributed by atoms with E-state index in [1.165, 1.54) is 24.4 Å². The molecule has 3 rings (SSSR count). The second-order valence-corrected chi connectivity index (χ2v) is 4.84. The fourth-order valence-electron chi connectivity index (χ4n) is 2.61. The summed E-state index contributed by atoms with van der Waals surface area (Å²) in [6, 6.07) is 6.40. The van der Waals surface area contributed by atoms with Crippen LogP contribution < -0.4 is 0 Å². The minimum atomic E-state index is 0.623. The first-order chi connectivity index (χ1) is 8.33. The highest BCUT2D eigenvalue weighted by atomic mass is 15.2. The number of rotatable bonds is 3. The minimum absolute atomic E-state index is 0.623. The van der Waals surface area contributed by atoms with Crippen LogP contribution in [0.25, 0.3) is 0 Å². The third-order valence-electron chi connectivity index (χ3n) is 3.67. The Labute approximate surface area is 101 Å². The van der Waals surface area contributed by atoms with Gasteiger partial charge in [0.25, 0.3) is 0 Å². The average molecular weight is 230 g/mol. The van der Waals surface area contributed by atoms with E-state index < -0.39 is 0 Å². The zero-order valence-electron chi connectivity index (χ0n) is 10.1. The lowest BCUT2D eigenvalue weighted by atomic mass is 10.1. The Kier molecular flexibility index (Phi) is 2.73. The molecule has 0 radical (unpaired) electrons. The SMILES string of the molecule is Cn1cccc1CN1CC[C@H](c2ccn[nH]2)C1. The Morgan fingerprint density at radius 1 is 1.47 bits per heavy atom. The van der Waals surface area contributed by atoms with E-state index in [0.29, 0.717) is 5.92 Å². The van der Waals surface area contributed by atoms with E-state index in [4.69, 9.17) is 0 Å². The number of aryl methyl sites for hydroxylation is 1. The molecule has 4 heteroatoms. The van der Waals surface area contributed by atoms with Crippen LogP contribution in [0.5, 0.6) is 0 Å². The van der Waals surface area contributed by atoms with Crippen molar-refractivity contribution in [1.82, 2.24) is 19.7 Å². The van der Waals surface area contributed by atoms with Gasteiger partial charge in [0.15, 0.2) is 0 Å². The van der Waals surface area contributed by atoms with Crippen LogP contribution in [0.2, 0.25) is 0 Å². The molecular formula is C13H18N4. The van der Waals surface area contributed by atoms with Crippen molar-refractivity contribution in [3.8, 4) is 0 Å². The summed E-state index contributed by atoms with van der Waals surface area (Å²) in [5, 5.41) is 7.12. The van der Waals surface area contributed by atoms with E-state index in [1.807, 2.05) is 6.20 Å². The van der Waals surface area contributed by atoms with Crippen LogP contribution >= 0.6 is 0 Å². The standard InChI is InChI=1S/C13H18N4/c1-16-7-2-3-12(16)10-17-8-5-11(9-17)13-4-6-14-15-13/h2-4,6-7,11H,5,8-10H2,1H3,(H,14,15)/t11-/m0/s1. The first-order valence-electron chi connectivity index (χ1n) is 6.15. The molecule has 90 valence electrons. The lowest BCUT2D eigenvalue weighted by Gasteiger charge is -2.16. The Balaban J connectivity index is 1.63. The fraction of sp³-hybridized carbons (Fsp3) is 0.462. The van der Waals surface area contributed by atoms with Crippen molar-refractivity contribution in [3.05, 3.63) is 42.0 Å². The molecule has 1 aliphatic heterocycles. The fourth-order valence-corrected chi connectivity index (χ4v) is 2.61. The molecule has 0 spiro atoms. The van der Waals surface area contributed by atoms with Gasteiger partial charge < -0.3 is 4.57 Å². The highest BCUT2D eigenvalue weighted by Crippen LogP contribution is 2.26. The van der Waals surface area contributed by atoms with Crippen LogP contribution in [0, 0.1) is 0 Å². The molecule has 0 amide bonds. The molecule has 1 N–H and O–H groups in total. The molecule has 17 heavy (non-hydrogen) atoms. The maximum Gasteiger partial charge on any atom is 0.0490 e. The van der Waals surface area contributed by atoms with Gasteiger partial charge in [0, 0.05) is 49.8 Å². The van der Waals surface area contributed by atoms with Crippen molar-refractivity contribution in [2.45, 2.75) is 18.9 Å². The van der Waals surface area contributed by atoms with Crippen molar-refractivity contribution in [3.63, 3.8) is 0 Å². The van der Waals surface area contributed by atoms with E-state index in [2.05, 4.69) is 51.1 Å². The maximum atomic E-state index is 4.03. The van der Waals surface area contributed by atoms with Gasteiger partial charge in [-0.1, -0.05) is 0 Å². The summed E-state index contributed by atoms with van der Waals surface area (Å²) in [5.74, 6) is 0.623. The van der Waals surface area contributed by atoms with Crippen molar-refractivity contribution in [2.75, 3.05) is 13.1 Å². The largest absolute Gasteiger partial charge is 0.353 e. The number of likely N-dealkylation sites (tertiary alicyclic amines) is 1. The average Bonchev–Trinajstić information content (AvgIpc) is 3.02. The van der Waals surface area contributed by atoms with Gasteiger partial charge >= 0.3 is 0 Å². The number of H-pyrrole nitrogens is 1. The van der Waals surface area contributed by atoms with Crippen LogP contribution in [-0.4, -0.2) is 32.8 Å². The highest BCUT2D eigenvalue weighted by molar-refractivity contribution is 5.11. The molecule has 0 saturated carbocycles. The van der Waals surface area contributed by atoms with Gasteiger partial charge in [-0.2, -0.15) is 5.10 Å². The molecule has 3 heterocycles. The molecule has 1 fully saturated rings. The quantitative estimate of drug-likeness (QED) is 0.872. The van der Waals surface area contributed by atoms with E-state index in [0.717, 1.165) is 13.1 Å². The number of aromatic nitrogens is 3. The molecule has 1 aliphatic rings. The van der Waals surface area contributed by atoms with Gasteiger partial charge in [0.2, 0.25) is 0 Å². The first-order valence-corrected chi connectivity index (χ1v) is 6.15. The number of aromatic amines is 1. The third kappa shape index (κ3) is 2.13. The minimum Gasteiger partial charge on any atom is -0.353 e. The number of nitrogens with one attached hydrogen (secondary N) is 1. The normalized spacial score (nSPS) is 21.1. The van der Waals surface area contributed by atoms with Gasteiger partial charge in [0.1, 0.15) is 0 Å². The summed E-state index contributed by atoms with van der Waals surface area (Å²) < 4.78 is 2.20. The molecule has 4 nitrogen and oxygen atoms in total. The smallest absolute Gasteiger partial charge is 0.0490 e. The Morgan fingerprint density at radius 2 is 2.41 bits per heavy atom. The van der Waals surface area contributed by atoms with Crippen LogP contribution in [-0.2, 0) is 13.6 Å². The second-order valence-electron chi connectivity index (χ2n) is 4.84. The summed E-state index contributed by atoms with van der Waals surface area (Å²) in [6.07, 6.45) is 5.18. The number of hydrogen-bond donors (Lipinski definition) is 1. The summed E-state index contributed by atoms with van der Waals surface area (Å²) >= 11 is 0. The van der Waals surface area contributed by atoms with Crippen LogP contribution in [0.3, 0.4) is 0 Å². The molecular weight excluding hydrogens is 212 g/mol. The van der Waals surface area contributed by atoms with Gasteiger partial charge in [-0.15, -0.1) is 0 Å². The predicted octanol–water partition coefficient (Wildman–Crippen LogP) is 1.74. The summed E-state index contributed by atoms with van der Waals surface area (Å²) in [7, 11) is 2.11. The summed E-state index contributed by atoms with van der Waals surface area (Å²) in [4.78, 5) is 2.51. The first kappa shape index (κ1) is 10.6. The monoisotopic (exact) mass is 230 g/mol. The second kappa shape index (κ2) is 4.37. The van der Waals surface area contributed by atoms with Crippen molar-refractivity contribution in [1.29, 1.82) is 0 Å². The van der Waals surface area contributed by atoms with Crippen molar-refractivity contribution in [2.24, 2.45) is 7.05 Å². The molecule has 0 bridgehead atoms. The topological polar surface area (TPSA) is 36.9 Å². The van der Waals surface area contributed by atoms with Crippen LogP contribution in [0.1, 0.15) is 23.7 Å². The number of hydrogen-bond acceptors (Lipinski definition) is 2. The van der Waals surface area contributed by atoms with E-state index in [-0.39, 0.29) is 0 Å².